The van der Waals surface area contributed by atoms with Crippen LogP contribution in [0.2, 0.25) is 0 Å². The summed E-state index contributed by atoms with van der Waals surface area (Å²) < 4.78 is 9.92. The zero-order chi connectivity index (χ0) is 21.3. The normalized spacial score (nSPS) is 10.3. The number of carbonyl (C=O) groups is 3. The summed E-state index contributed by atoms with van der Waals surface area (Å²) in [7, 11) is 0. The van der Waals surface area contributed by atoms with Crippen LogP contribution in [0.5, 0.6) is 0 Å². The second-order valence-electron chi connectivity index (χ2n) is 5.82. The Morgan fingerprint density at radius 3 is 2.47 bits per heavy atom. The molecule has 3 aromatic rings. The van der Waals surface area contributed by atoms with E-state index in [1.807, 2.05) is 0 Å². The van der Waals surface area contributed by atoms with Gasteiger partial charge in [0, 0.05) is 5.69 Å². The van der Waals surface area contributed by atoms with E-state index in [1.165, 1.54) is 24.1 Å². The zero-order valence-electron chi connectivity index (χ0n) is 16.0. The van der Waals surface area contributed by atoms with Crippen molar-refractivity contribution >= 4 is 41.1 Å². The van der Waals surface area contributed by atoms with E-state index in [9.17, 15) is 14.4 Å². The Bertz CT molecular complexity index is 1000. The Morgan fingerprint density at radius 2 is 1.83 bits per heavy atom. The molecular formula is C20H18N4O5S. The number of carbonyl (C=O) groups excluding carboxylic acids is 3. The predicted molar refractivity (Wildman–Crippen MR) is 110 cm³/mol. The lowest BCUT2D eigenvalue weighted by molar-refractivity contribution is -0.113. The molecule has 1 aromatic carbocycles. The van der Waals surface area contributed by atoms with E-state index in [1.54, 1.807) is 49.4 Å². The minimum absolute atomic E-state index is 0.117. The number of hydrogen-bond acceptors (Lipinski definition) is 8. The van der Waals surface area contributed by atoms with Crippen LogP contribution in [0.3, 0.4) is 0 Å². The molecule has 0 saturated carbocycles. The number of thioether (sulfide) groups is 1. The van der Waals surface area contributed by atoms with Crippen LogP contribution in [-0.2, 0) is 9.53 Å². The molecule has 0 spiro atoms. The van der Waals surface area contributed by atoms with Crippen LogP contribution >= 0.6 is 11.8 Å². The largest absolute Gasteiger partial charge is 0.462 e. The molecular weight excluding hydrogens is 408 g/mol. The predicted octanol–water partition coefficient (Wildman–Crippen LogP) is 3.23. The van der Waals surface area contributed by atoms with Gasteiger partial charge in [0.1, 0.15) is 5.03 Å². The molecule has 0 unspecified atom stereocenters. The summed E-state index contributed by atoms with van der Waals surface area (Å²) in [6.45, 7) is 2.04. The maximum absolute atomic E-state index is 12.1. The number of hydrogen-bond donors (Lipinski definition) is 2. The molecule has 0 aliphatic heterocycles. The van der Waals surface area contributed by atoms with Gasteiger partial charge in [-0.15, -0.1) is 10.2 Å². The van der Waals surface area contributed by atoms with Crippen molar-refractivity contribution in [1.29, 1.82) is 0 Å². The van der Waals surface area contributed by atoms with E-state index >= 15 is 0 Å². The van der Waals surface area contributed by atoms with Gasteiger partial charge in [0.05, 0.1) is 24.2 Å². The summed E-state index contributed by atoms with van der Waals surface area (Å²) >= 11 is 1.20. The fraction of sp³-hybridized carbons (Fsp3) is 0.150. The molecule has 3 rings (SSSR count). The van der Waals surface area contributed by atoms with Gasteiger partial charge in [0.25, 0.3) is 5.91 Å². The monoisotopic (exact) mass is 426 g/mol. The Balaban J connectivity index is 1.46. The molecule has 2 amide bonds. The number of anilines is 2. The van der Waals surface area contributed by atoms with Gasteiger partial charge in [-0.2, -0.15) is 0 Å². The first kappa shape index (κ1) is 21.1. The van der Waals surface area contributed by atoms with E-state index in [2.05, 4.69) is 20.8 Å². The maximum Gasteiger partial charge on any atom is 0.338 e. The number of furan rings is 1. The smallest absolute Gasteiger partial charge is 0.338 e. The Labute approximate surface area is 176 Å². The van der Waals surface area contributed by atoms with Gasteiger partial charge in [-0.25, -0.2) is 4.79 Å². The topological polar surface area (TPSA) is 123 Å². The molecule has 0 aliphatic carbocycles. The number of esters is 1. The average molecular weight is 426 g/mol. The number of benzene rings is 1. The van der Waals surface area contributed by atoms with Gasteiger partial charge in [-0.05, 0) is 55.5 Å². The van der Waals surface area contributed by atoms with Crippen molar-refractivity contribution < 1.29 is 23.5 Å². The maximum atomic E-state index is 12.1. The van der Waals surface area contributed by atoms with Crippen molar-refractivity contribution in [2.24, 2.45) is 0 Å². The minimum Gasteiger partial charge on any atom is -0.462 e. The molecule has 9 nitrogen and oxygen atoms in total. The summed E-state index contributed by atoms with van der Waals surface area (Å²) in [5.74, 6) is -0.516. The molecule has 2 aromatic heterocycles. The standard InChI is InChI=1S/C20H18N4O5S/c1-2-28-20(27)13-5-7-14(8-6-13)21-17(25)12-30-18-10-9-16(23-24-18)22-19(26)15-4-3-11-29-15/h3-11H,2,12H2,1H3,(H,21,25)(H,22,23,26). The number of aromatic nitrogens is 2. The lowest BCUT2D eigenvalue weighted by atomic mass is 10.2. The van der Waals surface area contributed by atoms with Crippen LogP contribution in [0.15, 0.2) is 64.2 Å². The van der Waals surface area contributed by atoms with E-state index < -0.39 is 11.9 Å². The molecule has 154 valence electrons. The van der Waals surface area contributed by atoms with Crippen LogP contribution in [0.25, 0.3) is 0 Å². The first-order valence-corrected chi connectivity index (χ1v) is 9.92. The van der Waals surface area contributed by atoms with Crippen molar-refractivity contribution in [2.75, 3.05) is 23.0 Å². The van der Waals surface area contributed by atoms with Crippen molar-refractivity contribution in [3.63, 3.8) is 0 Å². The third-order valence-corrected chi connectivity index (χ3v) is 4.58. The zero-order valence-corrected chi connectivity index (χ0v) is 16.8. The van der Waals surface area contributed by atoms with Gasteiger partial charge in [-0.3, -0.25) is 9.59 Å². The number of rotatable bonds is 8. The lowest BCUT2D eigenvalue weighted by Gasteiger charge is -2.06. The first-order valence-electron chi connectivity index (χ1n) is 8.93. The number of nitrogens with one attached hydrogen (secondary N) is 2. The highest BCUT2D eigenvalue weighted by Crippen LogP contribution is 2.17. The third-order valence-electron chi connectivity index (χ3n) is 3.66. The summed E-state index contributed by atoms with van der Waals surface area (Å²) in [6.07, 6.45) is 1.40. The molecule has 0 bridgehead atoms. The SMILES string of the molecule is CCOC(=O)c1ccc(NC(=O)CSc2ccc(NC(=O)c3ccco3)nn2)cc1. The van der Waals surface area contributed by atoms with Gasteiger partial charge in [-0.1, -0.05) is 11.8 Å². The Kier molecular flexibility index (Phi) is 7.17. The van der Waals surface area contributed by atoms with Gasteiger partial charge in [0.15, 0.2) is 11.6 Å². The van der Waals surface area contributed by atoms with E-state index in [0.29, 0.717) is 22.9 Å². The quantitative estimate of drug-likeness (QED) is 0.416. The van der Waals surface area contributed by atoms with E-state index in [-0.39, 0.29) is 23.2 Å². The van der Waals surface area contributed by atoms with Crippen molar-refractivity contribution in [3.05, 3.63) is 66.1 Å². The van der Waals surface area contributed by atoms with Crippen LogP contribution in [0.4, 0.5) is 11.5 Å². The molecule has 10 heteroatoms. The number of nitrogens with zero attached hydrogens (tertiary/aromatic N) is 2. The number of amides is 2. The average Bonchev–Trinajstić information content (AvgIpc) is 3.29. The molecule has 2 N–H and O–H groups in total. The Morgan fingerprint density at radius 1 is 1.03 bits per heavy atom. The van der Waals surface area contributed by atoms with Crippen molar-refractivity contribution in [3.8, 4) is 0 Å². The molecule has 0 saturated heterocycles. The highest BCUT2D eigenvalue weighted by Gasteiger charge is 2.11. The highest BCUT2D eigenvalue weighted by molar-refractivity contribution is 7.99. The first-order chi connectivity index (χ1) is 14.5. The summed E-state index contributed by atoms with van der Waals surface area (Å²) in [5.41, 5.74) is 0.981. The molecule has 0 radical (unpaired) electrons. The molecule has 0 atom stereocenters. The van der Waals surface area contributed by atoms with Crippen LogP contribution in [0.1, 0.15) is 27.8 Å². The molecule has 0 fully saturated rings. The lowest BCUT2D eigenvalue weighted by Crippen LogP contribution is -2.15. The fourth-order valence-electron chi connectivity index (χ4n) is 2.29. The molecule has 30 heavy (non-hydrogen) atoms. The van der Waals surface area contributed by atoms with E-state index in [4.69, 9.17) is 9.15 Å². The van der Waals surface area contributed by atoms with Crippen molar-refractivity contribution in [1.82, 2.24) is 10.2 Å². The van der Waals surface area contributed by atoms with E-state index in [0.717, 1.165) is 0 Å². The highest BCUT2D eigenvalue weighted by atomic mass is 32.2. The van der Waals surface area contributed by atoms with Crippen LogP contribution in [0, 0.1) is 0 Å². The van der Waals surface area contributed by atoms with Gasteiger partial charge < -0.3 is 19.8 Å². The number of ether oxygens (including phenoxy) is 1. The summed E-state index contributed by atoms with van der Waals surface area (Å²) in [5, 5.41) is 13.7. The second-order valence-corrected chi connectivity index (χ2v) is 6.82. The van der Waals surface area contributed by atoms with Crippen LogP contribution in [-0.4, -0.2) is 40.3 Å². The van der Waals surface area contributed by atoms with Crippen molar-refractivity contribution in [2.45, 2.75) is 11.9 Å². The fourth-order valence-corrected chi connectivity index (χ4v) is 2.90. The Hall–Kier alpha value is -3.66. The summed E-state index contributed by atoms with van der Waals surface area (Å²) in [6, 6.07) is 12.8. The molecule has 2 heterocycles. The third kappa shape index (κ3) is 5.92. The summed E-state index contributed by atoms with van der Waals surface area (Å²) in [4.78, 5) is 35.6. The second kappa shape index (κ2) is 10.2. The van der Waals surface area contributed by atoms with Gasteiger partial charge >= 0.3 is 5.97 Å². The van der Waals surface area contributed by atoms with Crippen LogP contribution < -0.4 is 10.6 Å². The van der Waals surface area contributed by atoms with Gasteiger partial charge in [0.2, 0.25) is 5.91 Å². The minimum atomic E-state index is -0.428. The molecule has 0 aliphatic rings.